The number of ketones is 2. The highest BCUT2D eigenvalue weighted by atomic mass is 16.5. The van der Waals surface area contributed by atoms with E-state index in [4.69, 9.17) is 9.84 Å². The predicted molar refractivity (Wildman–Crippen MR) is 138 cm³/mol. The van der Waals surface area contributed by atoms with Crippen molar-refractivity contribution < 1.29 is 34.1 Å². The van der Waals surface area contributed by atoms with Crippen molar-refractivity contribution in [2.75, 3.05) is 13.7 Å². The van der Waals surface area contributed by atoms with Crippen LogP contribution in [0, 0.1) is 5.92 Å². The Labute approximate surface area is 212 Å². The third-order valence-corrected chi connectivity index (χ3v) is 6.50. The average molecular weight is 499 g/mol. The van der Waals surface area contributed by atoms with Gasteiger partial charge >= 0.3 is 11.9 Å². The predicted octanol–water partition coefficient (Wildman–Crippen LogP) is 6.75. The summed E-state index contributed by atoms with van der Waals surface area (Å²) < 4.78 is 4.92. The van der Waals surface area contributed by atoms with Crippen molar-refractivity contribution in [3.63, 3.8) is 0 Å². The van der Waals surface area contributed by atoms with Crippen LogP contribution in [0.4, 0.5) is 0 Å². The fraction of sp³-hybridized carbons (Fsp3) is 0.857. The van der Waals surface area contributed by atoms with Crippen LogP contribution in [-0.4, -0.2) is 47.4 Å². The Morgan fingerprint density at radius 1 is 0.571 bits per heavy atom. The molecule has 0 amide bonds. The number of carboxylic acids is 2. The van der Waals surface area contributed by atoms with E-state index >= 15 is 0 Å². The first-order valence-corrected chi connectivity index (χ1v) is 13.8. The van der Waals surface area contributed by atoms with Gasteiger partial charge in [-0.05, 0) is 25.7 Å². The SMILES string of the molecule is COCCCC(=O)CC[C@H](CC(=O)CCCCCCCCCCCCCCCCC(=O)O)C(=O)O. The van der Waals surface area contributed by atoms with Gasteiger partial charge in [0.05, 0.1) is 5.92 Å². The Morgan fingerprint density at radius 2 is 1.00 bits per heavy atom. The van der Waals surface area contributed by atoms with Crippen molar-refractivity contribution in [3.8, 4) is 0 Å². The molecule has 0 spiro atoms. The van der Waals surface area contributed by atoms with E-state index in [9.17, 15) is 24.3 Å². The van der Waals surface area contributed by atoms with Crippen LogP contribution in [0.15, 0.2) is 0 Å². The number of rotatable bonds is 27. The Morgan fingerprint density at radius 3 is 1.43 bits per heavy atom. The Hall–Kier alpha value is -1.76. The first-order valence-electron chi connectivity index (χ1n) is 13.8. The maximum atomic E-state index is 12.2. The van der Waals surface area contributed by atoms with Crippen LogP contribution in [0.3, 0.4) is 0 Å². The van der Waals surface area contributed by atoms with E-state index < -0.39 is 17.9 Å². The molecule has 0 rings (SSSR count). The third kappa shape index (κ3) is 23.7. The highest BCUT2D eigenvalue weighted by molar-refractivity contribution is 5.84. The van der Waals surface area contributed by atoms with Gasteiger partial charge in [0.15, 0.2) is 0 Å². The van der Waals surface area contributed by atoms with Gasteiger partial charge in [-0.1, -0.05) is 77.0 Å². The molecule has 204 valence electrons. The van der Waals surface area contributed by atoms with E-state index in [1.807, 2.05) is 0 Å². The second-order valence-electron chi connectivity index (χ2n) is 9.80. The van der Waals surface area contributed by atoms with E-state index in [1.165, 1.54) is 51.4 Å². The summed E-state index contributed by atoms with van der Waals surface area (Å²) in [4.78, 5) is 45.9. The van der Waals surface area contributed by atoms with Gasteiger partial charge in [0, 0.05) is 45.8 Å². The summed E-state index contributed by atoms with van der Waals surface area (Å²) >= 11 is 0. The normalized spacial score (nSPS) is 11.9. The number of Topliss-reactive ketones (excluding diaryl/α,β-unsaturated/α-hetero) is 2. The zero-order chi connectivity index (χ0) is 26.2. The quantitative estimate of drug-likeness (QED) is 0.120. The smallest absolute Gasteiger partial charge is 0.306 e. The number of hydrogen-bond donors (Lipinski definition) is 2. The van der Waals surface area contributed by atoms with E-state index in [-0.39, 0.29) is 30.8 Å². The molecule has 0 radical (unpaired) electrons. The van der Waals surface area contributed by atoms with Crippen molar-refractivity contribution in [2.45, 2.75) is 135 Å². The van der Waals surface area contributed by atoms with Gasteiger partial charge in [-0.2, -0.15) is 0 Å². The number of hydrogen-bond acceptors (Lipinski definition) is 5. The summed E-state index contributed by atoms with van der Waals surface area (Å²) in [5, 5.41) is 18.0. The van der Waals surface area contributed by atoms with E-state index in [0.717, 1.165) is 38.5 Å². The fourth-order valence-corrected chi connectivity index (χ4v) is 4.28. The largest absolute Gasteiger partial charge is 0.481 e. The molecule has 0 aliphatic carbocycles. The number of carbonyl (C=O) groups excluding carboxylic acids is 2. The summed E-state index contributed by atoms with van der Waals surface area (Å²) in [6.45, 7) is 0.520. The monoisotopic (exact) mass is 498 g/mol. The van der Waals surface area contributed by atoms with Crippen molar-refractivity contribution in [3.05, 3.63) is 0 Å². The van der Waals surface area contributed by atoms with Crippen LogP contribution < -0.4 is 0 Å². The molecule has 0 bridgehead atoms. The van der Waals surface area contributed by atoms with Gasteiger partial charge in [-0.25, -0.2) is 0 Å². The minimum absolute atomic E-state index is 0.00822. The Bertz CT molecular complexity index is 574. The minimum atomic E-state index is -0.987. The lowest BCUT2D eigenvalue weighted by molar-refractivity contribution is -0.144. The minimum Gasteiger partial charge on any atom is -0.481 e. The summed E-state index contributed by atoms with van der Waals surface area (Å²) in [7, 11) is 1.58. The highest BCUT2D eigenvalue weighted by Gasteiger charge is 2.21. The lowest BCUT2D eigenvalue weighted by Crippen LogP contribution is -2.19. The van der Waals surface area contributed by atoms with Crippen molar-refractivity contribution in [1.82, 2.24) is 0 Å². The maximum Gasteiger partial charge on any atom is 0.306 e. The van der Waals surface area contributed by atoms with Crippen LogP contribution in [0.25, 0.3) is 0 Å². The van der Waals surface area contributed by atoms with Crippen LogP contribution in [-0.2, 0) is 23.9 Å². The average Bonchev–Trinajstić information content (AvgIpc) is 2.81. The van der Waals surface area contributed by atoms with Crippen molar-refractivity contribution >= 4 is 23.5 Å². The molecule has 0 aromatic heterocycles. The standard InChI is InChI=1S/C28H50O7/c1-35-22-16-18-25(29)21-20-24(28(33)34)23-26(30)17-14-12-10-8-6-4-2-3-5-7-9-11-13-15-19-27(31)32/h24H,2-23H2,1H3,(H,31,32)(H,33,34)/t24-/m1/s1. The summed E-state index contributed by atoms with van der Waals surface area (Å²) in [6, 6.07) is 0. The molecule has 0 saturated heterocycles. The number of carboxylic acid groups (broad SMARTS) is 2. The number of carbonyl (C=O) groups is 4. The molecule has 0 aliphatic heterocycles. The lowest BCUT2D eigenvalue weighted by Gasteiger charge is -2.11. The van der Waals surface area contributed by atoms with Crippen LogP contribution in [0.5, 0.6) is 0 Å². The zero-order valence-corrected chi connectivity index (χ0v) is 22.1. The molecule has 7 nitrogen and oxygen atoms in total. The molecule has 35 heavy (non-hydrogen) atoms. The molecule has 1 atom stereocenters. The Kier molecular flexibility index (Phi) is 22.8. The third-order valence-electron chi connectivity index (χ3n) is 6.50. The van der Waals surface area contributed by atoms with Gasteiger partial charge in [-0.3, -0.25) is 19.2 Å². The fourth-order valence-electron chi connectivity index (χ4n) is 4.28. The second-order valence-corrected chi connectivity index (χ2v) is 9.80. The molecule has 0 unspecified atom stereocenters. The molecular weight excluding hydrogens is 448 g/mol. The van der Waals surface area contributed by atoms with Gasteiger partial charge in [0.1, 0.15) is 11.6 Å². The molecule has 0 aliphatic rings. The number of ether oxygens (including phenoxy) is 1. The summed E-state index contributed by atoms with van der Waals surface area (Å²) in [5.74, 6) is -2.42. The topological polar surface area (TPSA) is 118 Å². The number of methoxy groups -OCH3 is 1. The van der Waals surface area contributed by atoms with Gasteiger partial charge in [0.25, 0.3) is 0 Å². The first-order chi connectivity index (χ1) is 16.9. The van der Waals surface area contributed by atoms with E-state index in [1.54, 1.807) is 7.11 Å². The summed E-state index contributed by atoms with van der Waals surface area (Å²) in [6.07, 6.45) is 18.0. The summed E-state index contributed by atoms with van der Waals surface area (Å²) in [5.41, 5.74) is 0. The zero-order valence-electron chi connectivity index (χ0n) is 22.1. The van der Waals surface area contributed by atoms with Gasteiger partial charge < -0.3 is 14.9 Å². The van der Waals surface area contributed by atoms with Crippen LogP contribution in [0.1, 0.15) is 135 Å². The molecular formula is C28H50O7. The Balaban J connectivity index is 3.58. The number of aliphatic carboxylic acids is 2. The first kappa shape index (κ1) is 33.2. The highest BCUT2D eigenvalue weighted by Crippen LogP contribution is 2.17. The second kappa shape index (κ2) is 24.0. The van der Waals surface area contributed by atoms with Crippen molar-refractivity contribution in [2.24, 2.45) is 5.92 Å². The van der Waals surface area contributed by atoms with Gasteiger partial charge in [-0.15, -0.1) is 0 Å². The molecule has 0 saturated carbocycles. The van der Waals surface area contributed by atoms with Crippen molar-refractivity contribution in [1.29, 1.82) is 0 Å². The number of unbranched alkanes of at least 4 members (excludes halogenated alkanes) is 13. The molecule has 0 heterocycles. The molecule has 0 fully saturated rings. The van der Waals surface area contributed by atoms with Crippen LogP contribution in [0.2, 0.25) is 0 Å². The van der Waals surface area contributed by atoms with E-state index in [2.05, 4.69) is 0 Å². The molecule has 2 N–H and O–H groups in total. The molecule has 0 aromatic carbocycles. The van der Waals surface area contributed by atoms with E-state index in [0.29, 0.717) is 32.3 Å². The lowest BCUT2D eigenvalue weighted by atomic mass is 9.93. The molecule has 7 heteroatoms. The van der Waals surface area contributed by atoms with Crippen LogP contribution >= 0.6 is 0 Å². The maximum absolute atomic E-state index is 12.2. The van der Waals surface area contributed by atoms with Gasteiger partial charge in [0.2, 0.25) is 0 Å². The molecule has 0 aromatic rings.